The van der Waals surface area contributed by atoms with Crippen LogP contribution in [0.25, 0.3) is 0 Å². The maximum Gasteiger partial charge on any atom is 0.418 e. The molecule has 0 saturated carbocycles. The lowest BCUT2D eigenvalue weighted by molar-refractivity contribution is -0.154. The molecule has 0 radical (unpaired) electrons. The van der Waals surface area contributed by atoms with Gasteiger partial charge in [0.05, 0.1) is 6.54 Å². The van der Waals surface area contributed by atoms with Crippen LogP contribution < -0.4 is 10.9 Å². The molecule has 2 bridgehead atoms. The van der Waals surface area contributed by atoms with Gasteiger partial charge in [0.1, 0.15) is 17.8 Å². The van der Waals surface area contributed by atoms with Crippen LogP contribution >= 0.6 is 0 Å². The van der Waals surface area contributed by atoms with Crippen molar-refractivity contribution in [2.45, 2.75) is 24.4 Å². The first kappa shape index (κ1) is 19.8. The Morgan fingerprint density at radius 1 is 1.32 bits per heavy atom. The number of pyridine rings is 1. The van der Waals surface area contributed by atoms with Crippen LogP contribution in [-0.4, -0.2) is 70.3 Å². The Hall–Kier alpha value is -2.91. The molecule has 0 aliphatic carbocycles. The Balaban J connectivity index is 1.72. The van der Waals surface area contributed by atoms with E-state index in [1.165, 1.54) is 18.3 Å². The van der Waals surface area contributed by atoms with E-state index in [0.717, 1.165) is 0 Å². The molecule has 2 aliphatic rings. The fourth-order valence-electron chi connectivity index (χ4n) is 2.85. The van der Waals surface area contributed by atoms with E-state index in [4.69, 9.17) is 4.55 Å². The Labute approximate surface area is 156 Å². The van der Waals surface area contributed by atoms with Gasteiger partial charge in [-0.3, -0.25) is 30.0 Å². The lowest BCUT2D eigenvalue weighted by Gasteiger charge is -2.34. The van der Waals surface area contributed by atoms with Crippen LogP contribution in [0.5, 0.6) is 0 Å². The molecule has 1 aromatic rings. The number of hydroxylamine groups is 2. The number of aromatic nitrogens is 1. The number of piperidine rings is 1. The molecule has 152 valence electrons. The second kappa shape index (κ2) is 6.92. The van der Waals surface area contributed by atoms with Gasteiger partial charge >= 0.3 is 16.4 Å². The molecule has 1 aromatic heterocycles. The number of amides is 4. The van der Waals surface area contributed by atoms with Gasteiger partial charge in [-0.05, 0) is 12.1 Å². The van der Waals surface area contributed by atoms with Gasteiger partial charge in [-0.25, -0.2) is 13.6 Å². The monoisotopic (exact) mass is 421 g/mol. The second-order valence-electron chi connectivity index (χ2n) is 5.92. The Morgan fingerprint density at radius 2 is 2.04 bits per heavy atom. The minimum Gasteiger partial charge on any atom is -0.308 e. The molecule has 0 spiro atoms. The van der Waals surface area contributed by atoms with E-state index in [1.54, 1.807) is 6.07 Å². The number of hydrogen-bond acceptors (Lipinski definition) is 7. The first-order chi connectivity index (χ1) is 13.0. The van der Waals surface area contributed by atoms with Crippen LogP contribution in [0, 0.1) is 0 Å². The molecule has 2 aliphatic heterocycles. The number of rotatable bonds is 4. The summed E-state index contributed by atoms with van der Waals surface area (Å²) in [5.74, 6) is -5.66. The molecule has 3 rings (SSSR count). The van der Waals surface area contributed by atoms with Crippen molar-refractivity contribution in [2.75, 3.05) is 6.54 Å². The van der Waals surface area contributed by atoms with Crippen LogP contribution in [-0.2, 0) is 19.5 Å². The van der Waals surface area contributed by atoms with Gasteiger partial charge in [0.2, 0.25) is 0 Å². The molecule has 2 saturated heterocycles. The zero-order valence-electron chi connectivity index (χ0n) is 13.8. The molecular weight excluding hydrogens is 408 g/mol. The fourth-order valence-corrected chi connectivity index (χ4v) is 3.22. The summed E-state index contributed by atoms with van der Waals surface area (Å²) in [6.07, 6.45) is 0.172. The highest BCUT2D eigenvalue weighted by atomic mass is 32.3. The number of alkyl halides is 2. The minimum atomic E-state index is -5.24. The van der Waals surface area contributed by atoms with Gasteiger partial charge in [-0.1, -0.05) is 6.07 Å². The lowest BCUT2D eigenvalue weighted by Crippen LogP contribution is -2.58. The number of fused-ring (bicyclic) bond motifs is 2. The number of hydrazine groups is 1. The standard InChI is InChI=1S/C13H13F2N5O7S/c14-13(15)5-8(11(22)18-17-10(21)7-3-1-2-4-16-7)19-6-9(13)20(12(19)23)27-28(24,25)26/h1-4,8-9H,5-6H2,(H,17,21)(H,18,22)(H,24,25,26). The van der Waals surface area contributed by atoms with Crippen LogP contribution in [0.2, 0.25) is 0 Å². The number of halogens is 2. The largest absolute Gasteiger partial charge is 0.418 e. The van der Waals surface area contributed by atoms with Gasteiger partial charge in [0.15, 0.2) is 0 Å². The average molecular weight is 421 g/mol. The van der Waals surface area contributed by atoms with Gasteiger partial charge in [-0.2, -0.15) is 13.5 Å². The summed E-state index contributed by atoms with van der Waals surface area (Å²) < 4.78 is 62.8. The summed E-state index contributed by atoms with van der Waals surface area (Å²) >= 11 is 0. The normalized spacial score (nSPS) is 23.5. The van der Waals surface area contributed by atoms with Crippen molar-refractivity contribution in [3.05, 3.63) is 30.1 Å². The molecule has 2 unspecified atom stereocenters. The van der Waals surface area contributed by atoms with Gasteiger partial charge in [0, 0.05) is 12.6 Å². The first-order valence-electron chi connectivity index (χ1n) is 7.65. The highest BCUT2D eigenvalue weighted by molar-refractivity contribution is 7.80. The van der Waals surface area contributed by atoms with Crippen LogP contribution in [0.1, 0.15) is 16.9 Å². The van der Waals surface area contributed by atoms with E-state index in [-0.39, 0.29) is 10.8 Å². The fraction of sp³-hybridized carbons (Fsp3) is 0.385. The quantitative estimate of drug-likeness (QED) is 0.416. The summed E-state index contributed by atoms with van der Waals surface area (Å²) in [7, 11) is -5.24. The van der Waals surface area contributed by atoms with Crippen molar-refractivity contribution >= 4 is 28.2 Å². The molecule has 3 heterocycles. The maximum absolute atomic E-state index is 14.3. The number of urea groups is 1. The van der Waals surface area contributed by atoms with E-state index >= 15 is 0 Å². The maximum atomic E-state index is 14.3. The smallest absolute Gasteiger partial charge is 0.308 e. The molecule has 2 fully saturated rings. The summed E-state index contributed by atoms with van der Waals surface area (Å²) in [6, 6.07) is -0.689. The average Bonchev–Trinajstić information content (AvgIpc) is 2.90. The molecule has 12 nitrogen and oxygen atoms in total. The predicted octanol–water partition coefficient (Wildman–Crippen LogP) is -0.909. The molecule has 0 aromatic carbocycles. The third-order valence-corrected chi connectivity index (χ3v) is 4.44. The van der Waals surface area contributed by atoms with Gasteiger partial charge in [-0.15, -0.1) is 4.28 Å². The first-order valence-corrected chi connectivity index (χ1v) is 9.02. The van der Waals surface area contributed by atoms with Crippen LogP contribution in [0.15, 0.2) is 24.4 Å². The lowest BCUT2D eigenvalue weighted by atomic mass is 9.96. The second-order valence-corrected chi connectivity index (χ2v) is 6.92. The van der Waals surface area contributed by atoms with Gasteiger partial charge in [0.25, 0.3) is 17.7 Å². The van der Waals surface area contributed by atoms with E-state index in [0.29, 0.717) is 4.90 Å². The summed E-state index contributed by atoms with van der Waals surface area (Å²) in [5, 5.41) is -0.185. The highest BCUT2D eigenvalue weighted by Crippen LogP contribution is 2.40. The summed E-state index contributed by atoms with van der Waals surface area (Å²) in [4.78, 5) is 40.6. The topological polar surface area (TPSA) is 158 Å². The molecule has 15 heteroatoms. The number of nitrogens with zero attached hydrogens (tertiary/aromatic N) is 3. The SMILES string of the molecule is O=C(NNC(=O)C1CC(F)(F)C2CN1C(=O)N2OS(=O)(=O)O)c1ccccn1. The van der Waals surface area contributed by atoms with Crippen molar-refractivity contribution in [3.8, 4) is 0 Å². The van der Waals surface area contributed by atoms with Crippen molar-refractivity contribution in [1.82, 2.24) is 25.8 Å². The number of carbonyl (C=O) groups is 3. The summed E-state index contributed by atoms with van der Waals surface area (Å²) in [6.45, 7) is -0.729. The van der Waals surface area contributed by atoms with E-state index < -0.39 is 59.2 Å². The molecule has 28 heavy (non-hydrogen) atoms. The molecule has 3 N–H and O–H groups in total. The molecular formula is C13H13F2N5O7S. The third-order valence-electron chi connectivity index (χ3n) is 4.09. The Morgan fingerprint density at radius 3 is 2.64 bits per heavy atom. The molecule has 2 atom stereocenters. The van der Waals surface area contributed by atoms with Crippen molar-refractivity contribution in [2.24, 2.45) is 0 Å². The van der Waals surface area contributed by atoms with Gasteiger partial charge < -0.3 is 4.90 Å². The predicted molar refractivity (Wildman–Crippen MR) is 83.6 cm³/mol. The molecule has 4 amide bonds. The van der Waals surface area contributed by atoms with E-state index in [2.05, 4.69) is 9.27 Å². The number of nitrogens with one attached hydrogen (secondary N) is 2. The van der Waals surface area contributed by atoms with Crippen molar-refractivity contribution in [1.29, 1.82) is 0 Å². The Bertz CT molecular complexity index is 913. The zero-order chi connectivity index (χ0) is 20.7. The van der Waals surface area contributed by atoms with Crippen molar-refractivity contribution < 1.29 is 40.4 Å². The number of carbonyl (C=O) groups excluding carboxylic acids is 3. The zero-order valence-corrected chi connectivity index (χ0v) is 14.6. The van der Waals surface area contributed by atoms with Crippen LogP contribution in [0.3, 0.4) is 0 Å². The van der Waals surface area contributed by atoms with E-state index in [9.17, 15) is 31.6 Å². The van der Waals surface area contributed by atoms with Crippen molar-refractivity contribution in [3.63, 3.8) is 0 Å². The van der Waals surface area contributed by atoms with E-state index in [1.807, 2.05) is 10.9 Å². The number of hydrogen-bond donors (Lipinski definition) is 3. The Kier molecular flexibility index (Phi) is 4.90. The highest BCUT2D eigenvalue weighted by Gasteiger charge is 2.62. The minimum absolute atomic E-state index is 0.0539. The van der Waals surface area contributed by atoms with Crippen LogP contribution in [0.4, 0.5) is 13.6 Å². The third kappa shape index (κ3) is 3.85. The summed E-state index contributed by atoms with van der Waals surface area (Å²) in [5.41, 5.74) is 3.85.